The molecule has 0 aliphatic carbocycles. The van der Waals surface area contributed by atoms with E-state index >= 15 is 0 Å². The van der Waals surface area contributed by atoms with E-state index in [0.717, 1.165) is 53.8 Å². The molecule has 1 fully saturated rings. The molecule has 1 aliphatic rings. The second-order valence-corrected chi connectivity index (χ2v) is 6.69. The Bertz CT molecular complexity index is 931. The van der Waals surface area contributed by atoms with Gasteiger partial charge in [-0.1, -0.05) is 24.3 Å². The summed E-state index contributed by atoms with van der Waals surface area (Å²) < 4.78 is 30.3. The highest BCUT2D eigenvalue weighted by Gasteiger charge is 2.14. The second kappa shape index (κ2) is 8.99. The number of halogens is 1. The summed E-state index contributed by atoms with van der Waals surface area (Å²) in [6.45, 7) is 1.68. The number of rotatable bonds is 7. The van der Waals surface area contributed by atoms with Crippen LogP contribution in [-0.4, -0.2) is 36.3 Å². The van der Waals surface area contributed by atoms with Crippen LogP contribution in [-0.2, 0) is 9.47 Å². The third-order valence-corrected chi connectivity index (χ3v) is 4.67. The lowest BCUT2D eigenvalue weighted by Crippen LogP contribution is -2.24. The summed E-state index contributed by atoms with van der Waals surface area (Å²) >= 11 is 0. The minimum atomic E-state index is -0.251. The first-order chi connectivity index (χ1) is 13.8. The van der Waals surface area contributed by atoms with Crippen LogP contribution in [0.4, 0.5) is 4.39 Å². The Morgan fingerprint density at radius 1 is 1.11 bits per heavy atom. The minimum absolute atomic E-state index is 0.115. The van der Waals surface area contributed by atoms with Crippen LogP contribution in [0.1, 0.15) is 30.5 Å². The maximum Gasteiger partial charge on any atom is 0.157 e. The highest BCUT2D eigenvalue weighted by molar-refractivity contribution is 5.94. The van der Waals surface area contributed by atoms with Crippen LogP contribution in [0.5, 0.6) is 5.75 Å². The van der Waals surface area contributed by atoms with Crippen molar-refractivity contribution in [1.82, 2.24) is 10.2 Å². The fraction of sp³-hybridized carbons (Fsp3) is 0.318. The van der Waals surface area contributed by atoms with Crippen molar-refractivity contribution >= 4 is 23.1 Å². The van der Waals surface area contributed by atoms with E-state index in [0.29, 0.717) is 13.2 Å². The summed E-state index contributed by atoms with van der Waals surface area (Å²) in [6.07, 6.45) is 6.86. The van der Waals surface area contributed by atoms with E-state index in [1.165, 1.54) is 12.1 Å². The molecule has 3 aromatic rings. The minimum Gasteiger partial charge on any atom is -0.490 e. The third-order valence-electron chi connectivity index (χ3n) is 4.67. The van der Waals surface area contributed by atoms with Crippen molar-refractivity contribution < 1.29 is 18.6 Å². The van der Waals surface area contributed by atoms with Gasteiger partial charge in [0.2, 0.25) is 0 Å². The lowest BCUT2D eigenvalue weighted by Gasteiger charge is -2.22. The molecule has 2 aromatic carbocycles. The van der Waals surface area contributed by atoms with Crippen molar-refractivity contribution in [2.45, 2.75) is 25.6 Å². The zero-order valence-corrected chi connectivity index (χ0v) is 15.6. The van der Waals surface area contributed by atoms with Gasteiger partial charge in [-0.15, -0.1) is 0 Å². The van der Waals surface area contributed by atoms with Crippen molar-refractivity contribution in [2.24, 2.45) is 0 Å². The molecule has 2 heterocycles. The lowest BCUT2D eigenvalue weighted by molar-refractivity contribution is -0.165. The third kappa shape index (κ3) is 4.58. The van der Waals surface area contributed by atoms with Crippen molar-refractivity contribution in [3.05, 3.63) is 59.5 Å². The highest BCUT2D eigenvalue weighted by atomic mass is 19.1. The topological polar surface area (TPSA) is 56.4 Å². The number of hydrogen-bond acceptors (Lipinski definition) is 4. The SMILES string of the molecule is Fc1ccc(/C=C/c2n[nH]c3cccc(OCCOC4CCCCO4)c23)cc1. The Hall–Kier alpha value is -2.70. The number of aromatic amines is 1. The first kappa shape index (κ1) is 18.7. The molecular weight excluding hydrogens is 359 g/mol. The van der Waals surface area contributed by atoms with Crippen LogP contribution in [0, 0.1) is 5.82 Å². The van der Waals surface area contributed by atoms with Gasteiger partial charge < -0.3 is 14.2 Å². The second-order valence-electron chi connectivity index (χ2n) is 6.69. The van der Waals surface area contributed by atoms with Gasteiger partial charge in [0.25, 0.3) is 0 Å². The molecule has 1 aromatic heterocycles. The normalized spacial score (nSPS) is 17.4. The molecule has 0 spiro atoms. The van der Waals surface area contributed by atoms with E-state index in [1.54, 1.807) is 12.1 Å². The molecule has 0 amide bonds. The van der Waals surface area contributed by atoms with E-state index in [-0.39, 0.29) is 12.1 Å². The lowest BCUT2D eigenvalue weighted by atomic mass is 10.1. The zero-order chi connectivity index (χ0) is 19.2. The maximum absolute atomic E-state index is 13.1. The van der Waals surface area contributed by atoms with Crippen LogP contribution in [0.25, 0.3) is 23.1 Å². The largest absolute Gasteiger partial charge is 0.490 e. The fourth-order valence-electron chi connectivity index (χ4n) is 3.23. The highest BCUT2D eigenvalue weighted by Crippen LogP contribution is 2.28. The van der Waals surface area contributed by atoms with Crippen molar-refractivity contribution in [2.75, 3.05) is 19.8 Å². The number of nitrogens with zero attached hydrogens (tertiary/aromatic N) is 1. The van der Waals surface area contributed by atoms with Gasteiger partial charge in [-0.2, -0.15) is 5.10 Å². The van der Waals surface area contributed by atoms with E-state index in [4.69, 9.17) is 14.2 Å². The molecule has 28 heavy (non-hydrogen) atoms. The molecular formula is C22H23FN2O3. The van der Waals surface area contributed by atoms with Crippen molar-refractivity contribution in [1.29, 1.82) is 0 Å². The van der Waals surface area contributed by atoms with Gasteiger partial charge in [0.15, 0.2) is 6.29 Å². The van der Waals surface area contributed by atoms with Crippen molar-refractivity contribution in [3.63, 3.8) is 0 Å². The van der Waals surface area contributed by atoms with E-state index < -0.39 is 0 Å². The molecule has 0 saturated carbocycles. The first-order valence-electron chi connectivity index (χ1n) is 9.56. The first-order valence-corrected chi connectivity index (χ1v) is 9.56. The Morgan fingerprint density at radius 2 is 2.00 bits per heavy atom. The van der Waals surface area contributed by atoms with E-state index in [2.05, 4.69) is 10.2 Å². The monoisotopic (exact) mass is 382 g/mol. The molecule has 1 atom stereocenters. The number of H-pyrrole nitrogens is 1. The van der Waals surface area contributed by atoms with Gasteiger partial charge in [-0.3, -0.25) is 5.10 Å². The molecule has 0 bridgehead atoms. The van der Waals surface area contributed by atoms with Gasteiger partial charge in [-0.05, 0) is 55.2 Å². The number of ether oxygens (including phenoxy) is 3. The van der Waals surface area contributed by atoms with Gasteiger partial charge >= 0.3 is 0 Å². The average Bonchev–Trinajstić information content (AvgIpc) is 3.15. The summed E-state index contributed by atoms with van der Waals surface area (Å²) in [4.78, 5) is 0. The van der Waals surface area contributed by atoms with Crippen molar-refractivity contribution in [3.8, 4) is 5.75 Å². The van der Waals surface area contributed by atoms with Crippen LogP contribution in [0.3, 0.4) is 0 Å². The fourth-order valence-corrected chi connectivity index (χ4v) is 3.23. The summed E-state index contributed by atoms with van der Waals surface area (Å²) in [5.41, 5.74) is 2.57. The molecule has 1 unspecified atom stereocenters. The molecule has 1 saturated heterocycles. The average molecular weight is 382 g/mol. The number of fused-ring (bicyclic) bond motifs is 1. The molecule has 6 heteroatoms. The molecule has 1 N–H and O–H groups in total. The van der Waals surface area contributed by atoms with Crippen LogP contribution in [0.15, 0.2) is 42.5 Å². The van der Waals surface area contributed by atoms with E-state index in [9.17, 15) is 4.39 Å². The summed E-state index contributed by atoms with van der Waals surface area (Å²) in [7, 11) is 0. The number of hydrogen-bond donors (Lipinski definition) is 1. The van der Waals surface area contributed by atoms with Crippen LogP contribution < -0.4 is 4.74 Å². The predicted molar refractivity (Wildman–Crippen MR) is 106 cm³/mol. The Labute approximate surface area is 163 Å². The molecule has 5 nitrogen and oxygen atoms in total. The van der Waals surface area contributed by atoms with Crippen LogP contribution in [0.2, 0.25) is 0 Å². The standard InChI is InChI=1S/C22H23FN2O3/c23-17-10-7-16(8-11-17)9-12-19-22-18(24-25-19)4-3-5-20(22)26-14-15-28-21-6-1-2-13-27-21/h3-5,7-12,21H,1-2,6,13-15H2,(H,24,25)/b12-9+. The summed E-state index contributed by atoms with van der Waals surface area (Å²) in [5, 5.41) is 8.31. The number of nitrogens with one attached hydrogen (secondary N) is 1. The molecule has 4 rings (SSSR count). The number of aromatic nitrogens is 2. The molecule has 146 valence electrons. The smallest absolute Gasteiger partial charge is 0.157 e. The van der Waals surface area contributed by atoms with Gasteiger partial charge in [0.05, 0.1) is 23.2 Å². The Balaban J connectivity index is 1.43. The zero-order valence-electron chi connectivity index (χ0n) is 15.6. The van der Waals surface area contributed by atoms with E-state index in [1.807, 2.05) is 30.4 Å². The summed E-state index contributed by atoms with van der Waals surface area (Å²) in [5.74, 6) is 0.497. The van der Waals surface area contributed by atoms with Crippen LogP contribution >= 0.6 is 0 Å². The van der Waals surface area contributed by atoms with Gasteiger partial charge in [0.1, 0.15) is 18.2 Å². The molecule has 1 aliphatic heterocycles. The molecule has 0 radical (unpaired) electrons. The van der Waals surface area contributed by atoms with Gasteiger partial charge in [0, 0.05) is 6.61 Å². The maximum atomic E-state index is 13.1. The summed E-state index contributed by atoms with van der Waals surface area (Å²) in [6, 6.07) is 12.1. The Morgan fingerprint density at radius 3 is 2.82 bits per heavy atom. The Kier molecular flexibility index (Phi) is 5.99. The number of benzene rings is 2. The predicted octanol–water partition coefficient (Wildman–Crippen LogP) is 4.79. The quantitative estimate of drug-likeness (QED) is 0.597. The van der Waals surface area contributed by atoms with Gasteiger partial charge in [-0.25, -0.2) is 4.39 Å².